The van der Waals surface area contributed by atoms with E-state index in [1.54, 1.807) is 6.92 Å². The number of imidazole rings is 1. The zero-order valence-electron chi connectivity index (χ0n) is 33.3. The smallest absolute Gasteiger partial charge is 0.357 e. The molecule has 7 aromatic rings. The minimum atomic E-state index is -0.898. The topological polar surface area (TPSA) is 106 Å². The standard InChI is InChI=1S/C49H44N6O4/c1-6-18-44-50-45(33(2)3)46(48(56)57-32-43-34(4)58-35(5)59-43)54(44)31-36-27-29-37(30-28-36)41-25-16-17-26-42(41)47-51-52-53-55(47)49(38-19-10-7-11-20-38,39-21-12-8-13-22-39)40-23-14-9-15-24-40/h7-17,19-30H,2,5-6,18,31-32H2,1,3-4H3. The van der Waals surface area contributed by atoms with Gasteiger partial charge in [0.2, 0.25) is 0 Å². The number of tetrazole rings is 1. The molecule has 0 saturated heterocycles. The second-order valence-corrected chi connectivity index (χ2v) is 14.4. The van der Waals surface area contributed by atoms with E-state index in [1.165, 1.54) is 0 Å². The largest absolute Gasteiger partial charge is 0.453 e. The molecule has 0 amide bonds. The minimum absolute atomic E-state index is 0.103. The fraction of sp³-hybridized carbons (Fsp3) is 0.163. The minimum Gasteiger partial charge on any atom is -0.453 e. The molecule has 0 saturated carbocycles. The van der Waals surface area contributed by atoms with Crippen LogP contribution >= 0.6 is 0 Å². The van der Waals surface area contributed by atoms with E-state index in [1.807, 2.05) is 82.9 Å². The van der Waals surface area contributed by atoms with Crippen molar-refractivity contribution in [1.82, 2.24) is 29.8 Å². The van der Waals surface area contributed by atoms with E-state index in [4.69, 9.17) is 29.5 Å². The number of ether oxygens (including phenoxy) is 3. The molecule has 0 aliphatic carbocycles. The first-order valence-corrected chi connectivity index (χ1v) is 19.6. The summed E-state index contributed by atoms with van der Waals surface area (Å²) in [5, 5.41) is 13.8. The number of benzene rings is 5. The summed E-state index contributed by atoms with van der Waals surface area (Å²) in [6.07, 6.45) is 1.51. The predicted octanol–water partition coefficient (Wildman–Crippen LogP) is 9.98. The van der Waals surface area contributed by atoms with Gasteiger partial charge in [-0.25, -0.2) is 14.5 Å². The van der Waals surface area contributed by atoms with E-state index in [9.17, 15) is 4.79 Å². The highest BCUT2D eigenvalue weighted by Gasteiger charge is 2.42. The Bertz CT molecular complexity index is 2570. The Balaban J connectivity index is 1.17. The number of hydrogen-bond donors (Lipinski definition) is 0. The van der Waals surface area contributed by atoms with Crippen LogP contribution in [-0.4, -0.2) is 42.3 Å². The molecule has 8 rings (SSSR count). The molecule has 1 aliphatic rings. The van der Waals surface area contributed by atoms with E-state index >= 15 is 0 Å². The van der Waals surface area contributed by atoms with Crippen LogP contribution < -0.4 is 0 Å². The number of hydrogen-bond acceptors (Lipinski definition) is 8. The van der Waals surface area contributed by atoms with Crippen molar-refractivity contribution >= 4 is 11.5 Å². The van der Waals surface area contributed by atoms with Gasteiger partial charge >= 0.3 is 5.97 Å². The SMILES string of the molecule is C=C1OC(C)=C(COC(=O)c2c(C(=C)C)nc(CCC)n2Cc2ccc(-c3ccccc3-c3nnnn3C(c3ccccc3)(c3ccccc3)c3ccccc3)cc2)O1. The number of carbonyl (C=O) groups excluding carboxylic acids is 1. The molecule has 0 unspecified atom stereocenters. The monoisotopic (exact) mass is 780 g/mol. The van der Waals surface area contributed by atoms with Crippen molar-refractivity contribution in [1.29, 1.82) is 0 Å². The number of allylic oxidation sites excluding steroid dienone is 2. The predicted molar refractivity (Wildman–Crippen MR) is 228 cm³/mol. The molecule has 10 heteroatoms. The van der Waals surface area contributed by atoms with Crippen LogP contribution in [0.1, 0.15) is 71.5 Å². The summed E-state index contributed by atoms with van der Waals surface area (Å²) in [7, 11) is 0. The number of rotatable bonds is 14. The van der Waals surface area contributed by atoms with Crippen LogP contribution in [0.25, 0.3) is 28.1 Å². The first-order chi connectivity index (χ1) is 28.8. The normalized spacial score (nSPS) is 12.6. The average Bonchev–Trinajstić information content (AvgIpc) is 3.99. The first kappa shape index (κ1) is 38.5. The third-order valence-corrected chi connectivity index (χ3v) is 10.5. The van der Waals surface area contributed by atoms with Crippen LogP contribution in [0.15, 0.2) is 170 Å². The second-order valence-electron chi connectivity index (χ2n) is 14.4. The van der Waals surface area contributed by atoms with E-state index in [0.717, 1.165) is 51.2 Å². The van der Waals surface area contributed by atoms with E-state index in [0.29, 0.717) is 47.3 Å². The molecule has 0 spiro atoms. The van der Waals surface area contributed by atoms with Crippen molar-refractivity contribution in [2.24, 2.45) is 0 Å². The highest BCUT2D eigenvalue weighted by Crippen LogP contribution is 2.43. The van der Waals surface area contributed by atoms with E-state index in [-0.39, 0.29) is 12.6 Å². The summed E-state index contributed by atoms with van der Waals surface area (Å²) in [6.45, 7) is 13.8. The lowest BCUT2D eigenvalue weighted by atomic mass is 9.77. The molecule has 3 heterocycles. The zero-order valence-corrected chi connectivity index (χ0v) is 33.3. The van der Waals surface area contributed by atoms with Gasteiger partial charge in [-0.1, -0.05) is 153 Å². The maximum absolute atomic E-state index is 13.8. The summed E-state index contributed by atoms with van der Waals surface area (Å²) in [4.78, 5) is 18.7. The Kier molecular flexibility index (Phi) is 10.9. The Labute approximate surface area is 343 Å². The summed E-state index contributed by atoms with van der Waals surface area (Å²) < 4.78 is 20.6. The maximum atomic E-state index is 13.8. The molecule has 0 N–H and O–H groups in total. The molecule has 0 fully saturated rings. The van der Waals surface area contributed by atoms with Crippen LogP contribution in [0.3, 0.4) is 0 Å². The van der Waals surface area contributed by atoms with Gasteiger partial charge in [0.05, 0.1) is 5.69 Å². The van der Waals surface area contributed by atoms with Crippen molar-refractivity contribution in [3.8, 4) is 22.5 Å². The van der Waals surface area contributed by atoms with Crippen molar-refractivity contribution < 1.29 is 19.0 Å². The van der Waals surface area contributed by atoms with Crippen molar-refractivity contribution in [3.63, 3.8) is 0 Å². The molecular weight excluding hydrogens is 737 g/mol. The highest BCUT2D eigenvalue weighted by atomic mass is 16.7. The summed E-state index contributed by atoms with van der Waals surface area (Å²) >= 11 is 0. The Hall–Kier alpha value is -7.33. The lowest BCUT2D eigenvalue weighted by Gasteiger charge is -2.36. The molecule has 5 aromatic carbocycles. The lowest BCUT2D eigenvalue weighted by Crippen LogP contribution is -2.39. The van der Waals surface area contributed by atoms with Gasteiger partial charge in [-0.05, 0) is 76.2 Å². The number of aromatic nitrogens is 6. The van der Waals surface area contributed by atoms with Gasteiger partial charge in [-0.3, -0.25) is 0 Å². The Morgan fingerprint density at radius 1 is 0.780 bits per heavy atom. The van der Waals surface area contributed by atoms with Crippen LogP contribution in [-0.2, 0) is 32.7 Å². The number of aryl methyl sites for hydroxylation is 1. The molecule has 0 atom stereocenters. The van der Waals surface area contributed by atoms with Crippen molar-refractivity contribution in [2.75, 3.05) is 6.61 Å². The third-order valence-electron chi connectivity index (χ3n) is 10.5. The first-order valence-electron chi connectivity index (χ1n) is 19.6. The Morgan fingerprint density at radius 3 is 1.90 bits per heavy atom. The maximum Gasteiger partial charge on any atom is 0.357 e. The van der Waals surface area contributed by atoms with E-state index < -0.39 is 11.5 Å². The molecule has 2 aromatic heterocycles. The zero-order chi connectivity index (χ0) is 40.9. The lowest BCUT2D eigenvalue weighted by molar-refractivity contribution is 0.0474. The number of esters is 1. The quantitative estimate of drug-likeness (QED) is 0.0794. The molecule has 0 radical (unpaired) electrons. The van der Waals surface area contributed by atoms with Crippen LogP contribution in [0.4, 0.5) is 0 Å². The molecule has 0 bridgehead atoms. The van der Waals surface area contributed by atoms with E-state index in [2.05, 4.69) is 98.1 Å². The second kappa shape index (κ2) is 16.6. The fourth-order valence-corrected chi connectivity index (χ4v) is 7.76. The van der Waals surface area contributed by atoms with Gasteiger partial charge in [0.1, 0.15) is 17.1 Å². The van der Waals surface area contributed by atoms with Crippen molar-refractivity contribution in [3.05, 3.63) is 210 Å². The average molecular weight is 781 g/mol. The summed E-state index contributed by atoms with van der Waals surface area (Å²) in [5.74, 6) is 1.92. The van der Waals surface area contributed by atoms with Crippen LogP contribution in [0.2, 0.25) is 0 Å². The number of nitrogens with zero attached hydrogens (tertiary/aromatic N) is 6. The van der Waals surface area contributed by atoms with Crippen LogP contribution in [0, 0.1) is 0 Å². The molecule has 59 heavy (non-hydrogen) atoms. The number of carbonyl (C=O) groups is 1. The van der Waals surface area contributed by atoms with Gasteiger partial charge in [-0.2, -0.15) is 0 Å². The molecule has 294 valence electrons. The Morgan fingerprint density at radius 2 is 1.36 bits per heavy atom. The highest BCUT2D eigenvalue weighted by molar-refractivity contribution is 5.93. The van der Waals surface area contributed by atoms with Gasteiger partial charge in [0.25, 0.3) is 5.95 Å². The fourth-order valence-electron chi connectivity index (χ4n) is 7.76. The molecule has 1 aliphatic heterocycles. The van der Waals surface area contributed by atoms with Gasteiger partial charge in [-0.15, -0.1) is 5.10 Å². The third kappa shape index (κ3) is 7.36. The van der Waals surface area contributed by atoms with Gasteiger partial charge in [0.15, 0.2) is 23.9 Å². The summed E-state index contributed by atoms with van der Waals surface area (Å²) in [5.41, 5.74) is 7.49. The van der Waals surface area contributed by atoms with Gasteiger partial charge in [0, 0.05) is 18.5 Å². The molecular formula is C49H44N6O4. The molecule has 10 nitrogen and oxygen atoms in total. The van der Waals surface area contributed by atoms with Gasteiger partial charge < -0.3 is 18.8 Å². The van der Waals surface area contributed by atoms with Crippen molar-refractivity contribution in [2.45, 2.75) is 45.7 Å². The summed E-state index contributed by atoms with van der Waals surface area (Å²) in [6, 6.07) is 47.6. The van der Waals surface area contributed by atoms with Crippen LogP contribution in [0.5, 0.6) is 0 Å².